The summed E-state index contributed by atoms with van der Waals surface area (Å²) in [4.78, 5) is 0. The Hall–Kier alpha value is -3.02. The molecule has 0 amide bonds. The maximum absolute atomic E-state index is 12.7. The van der Waals surface area contributed by atoms with Crippen molar-refractivity contribution in [1.82, 2.24) is 0 Å². The second-order valence-corrected chi connectivity index (χ2v) is 9.42. The number of nitrogens with zero attached hydrogens (tertiary/aromatic N) is 2. The summed E-state index contributed by atoms with van der Waals surface area (Å²) in [7, 11) is -2.37. The van der Waals surface area contributed by atoms with Gasteiger partial charge >= 0.3 is 10.2 Å². The van der Waals surface area contributed by atoms with Crippen LogP contribution >= 0.6 is 0 Å². The highest BCUT2D eigenvalue weighted by Gasteiger charge is 2.19. The molecule has 2 aromatic rings. The van der Waals surface area contributed by atoms with Crippen LogP contribution in [0.2, 0.25) is 0 Å². The Kier molecular flexibility index (Phi) is 8.48. The van der Waals surface area contributed by atoms with E-state index in [-0.39, 0.29) is 5.54 Å². The molecule has 0 aliphatic rings. The fourth-order valence-corrected chi connectivity index (χ4v) is 3.95. The van der Waals surface area contributed by atoms with Gasteiger partial charge in [0.15, 0.2) is 0 Å². The summed E-state index contributed by atoms with van der Waals surface area (Å²) in [5.74, 6) is 0.597. The zero-order valence-corrected chi connectivity index (χ0v) is 18.9. The van der Waals surface area contributed by atoms with Crippen molar-refractivity contribution in [1.29, 1.82) is 5.26 Å². The summed E-state index contributed by atoms with van der Waals surface area (Å²) in [5.41, 5.74) is 7.24. The molecule has 0 saturated carbocycles. The molecule has 0 radical (unpaired) electrons. The molecule has 0 aromatic heterocycles. The zero-order valence-electron chi connectivity index (χ0n) is 18.0. The molecule has 0 aliphatic heterocycles. The van der Waals surface area contributed by atoms with Crippen LogP contribution in [0.3, 0.4) is 0 Å². The number of nitrogens with two attached hydrogens (primary N) is 1. The van der Waals surface area contributed by atoms with E-state index >= 15 is 0 Å². The van der Waals surface area contributed by atoms with Crippen LogP contribution < -0.4 is 19.5 Å². The van der Waals surface area contributed by atoms with E-state index in [1.54, 1.807) is 48.5 Å². The van der Waals surface area contributed by atoms with E-state index in [1.807, 2.05) is 19.1 Å². The quantitative estimate of drug-likeness (QED) is 0.378. The molecule has 8 heteroatoms. The van der Waals surface area contributed by atoms with Gasteiger partial charge in [-0.05, 0) is 69.0 Å². The number of anilines is 2. The Morgan fingerprint density at radius 2 is 1.97 bits per heavy atom. The molecular formula is C23H30N4O3S. The van der Waals surface area contributed by atoms with E-state index in [0.717, 1.165) is 30.0 Å². The van der Waals surface area contributed by atoms with Crippen molar-refractivity contribution < 1.29 is 13.2 Å². The van der Waals surface area contributed by atoms with Gasteiger partial charge in [-0.3, -0.25) is 9.03 Å². The minimum absolute atomic E-state index is 0.249. The lowest BCUT2D eigenvalue weighted by Gasteiger charge is -2.22. The molecule has 0 saturated heterocycles. The molecule has 2 aromatic carbocycles. The predicted molar refractivity (Wildman–Crippen MR) is 125 cm³/mol. The fraction of sp³-hybridized carbons (Fsp3) is 0.348. The average molecular weight is 443 g/mol. The monoisotopic (exact) mass is 442 g/mol. The Balaban J connectivity index is 1.93. The number of rotatable bonds is 12. The molecule has 0 spiro atoms. The van der Waals surface area contributed by atoms with Crippen LogP contribution in [-0.4, -0.2) is 27.6 Å². The highest BCUT2D eigenvalue weighted by atomic mass is 32.2. The van der Waals surface area contributed by atoms with Crippen molar-refractivity contribution in [3.8, 4) is 11.8 Å². The highest BCUT2D eigenvalue weighted by Crippen LogP contribution is 2.24. The number of ether oxygens (including phenoxy) is 1. The molecule has 1 atom stereocenters. The van der Waals surface area contributed by atoms with E-state index in [2.05, 4.69) is 11.3 Å². The summed E-state index contributed by atoms with van der Waals surface area (Å²) < 4.78 is 34.8. The van der Waals surface area contributed by atoms with Crippen LogP contribution in [0, 0.1) is 11.3 Å². The molecule has 166 valence electrons. The topological polar surface area (TPSA) is 108 Å². The Bertz CT molecular complexity index is 1010. The molecule has 0 heterocycles. The van der Waals surface area contributed by atoms with Crippen molar-refractivity contribution in [3.63, 3.8) is 0 Å². The summed E-state index contributed by atoms with van der Waals surface area (Å²) in [6.07, 6.45) is 5.27. The van der Waals surface area contributed by atoms with E-state index in [0.29, 0.717) is 29.3 Å². The first kappa shape index (κ1) is 24.3. The molecule has 3 N–H and O–H groups in total. The van der Waals surface area contributed by atoms with Gasteiger partial charge in [-0.15, -0.1) is 6.58 Å². The van der Waals surface area contributed by atoms with Gasteiger partial charge in [0.05, 0.1) is 29.6 Å². The lowest BCUT2D eigenvalue weighted by Crippen LogP contribution is -2.35. The van der Waals surface area contributed by atoms with Gasteiger partial charge in [0.25, 0.3) is 0 Å². The van der Waals surface area contributed by atoms with Crippen molar-refractivity contribution in [2.45, 2.75) is 38.1 Å². The van der Waals surface area contributed by atoms with Crippen LogP contribution in [-0.2, 0) is 10.2 Å². The second-order valence-electron chi connectivity index (χ2n) is 7.71. The first-order valence-electron chi connectivity index (χ1n) is 10.1. The van der Waals surface area contributed by atoms with Crippen molar-refractivity contribution in [3.05, 3.63) is 66.7 Å². The number of benzene rings is 2. The molecule has 0 fully saturated rings. The van der Waals surface area contributed by atoms with Crippen molar-refractivity contribution >= 4 is 21.6 Å². The number of nitrogens with one attached hydrogen (secondary N) is 1. The van der Waals surface area contributed by atoms with Crippen LogP contribution in [0.15, 0.2) is 61.2 Å². The largest absolute Gasteiger partial charge is 0.494 e. The van der Waals surface area contributed by atoms with Crippen LogP contribution in [0.5, 0.6) is 5.75 Å². The van der Waals surface area contributed by atoms with Gasteiger partial charge < -0.3 is 10.5 Å². The summed E-state index contributed by atoms with van der Waals surface area (Å²) in [6, 6.07) is 15.1. The van der Waals surface area contributed by atoms with Gasteiger partial charge in [0.2, 0.25) is 0 Å². The molecule has 1 unspecified atom stereocenters. The SMILES string of the molecule is C=CCC(C)(N)CCCCOc1cccc(N(C)S(=O)(=O)Nc2ccc(C#N)cc2)c1. The van der Waals surface area contributed by atoms with Gasteiger partial charge in [-0.25, -0.2) is 0 Å². The normalized spacial score (nSPS) is 13.0. The van der Waals surface area contributed by atoms with Crippen LogP contribution in [0.25, 0.3) is 0 Å². The summed E-state index contributed by atoms with van der Waals surface area (Å²) in [5, 5.41) is 8.85. The number of nitriles is 1. The zero-order chi connectivity index (χ0) is 22.9. The van der Waals surface area contributed by atoms with E-state index in [9.17, 15) is 8.42 Å². The van der Waals surface area contributed by atoms with Crippen molar-refractivity contribution in [2.24, 2.45) is 5.73 Å². The smallest absolute Gasteiger partial charge is 0.323 e. The van der Waals surface area contributed by atoms with Gasteiger partial charge in [-0.1, -0.05) is 12.1 Å². The fourth-order valence-electron chi connectivity index (χ4n) is 2.99. The lowest BCUT2D eigenvalue weighted by atomic mass is 9.93. The Morgan fingerprint density at radius 1 is 1.26 bits per heavy atom. The highest BCUT2D eigenvalue weighted by molar-refractivity contribution is 7.94. The molecule has 2 rings (SSSR count). The van der Waals surface area contributed by atoms with Gasteiger partial charge in [0, 0.05) is 18.7 Å². The van der Waals surface area contributed by atoms with Gasteiger partial charge in [0.1, 0.15) is 5.75 Å². The van der Waals surface area contributed by atoms with Crippen LogP contribution in [0.4, 0.5) is 11.4 Å². The number of hydrogen-bond acceptors (Lipinski definition) is 5. The average Bonchev–Trinajstić information content (AvgIpc) is 2.73. The Morgan fingerprint density at radius 3 is 2.61 bits per heavy atom. The molecular weight excluding hydrogens is 412 g/mol. The van der Waals surface area contributed by atoms with Crippen LogP contribution in [0.1, 0.15) is 38.2 Å². The molecule has 0 aliphatic carbocycles. The number of hydrogen-bond donors (Lipinski definition) is 2. The lowest BCUT2D eigenvalue weighted by molar-refractivity contribution is 0.295. The van der Waals surface area contributed by atoms with E-state index in [1.165, 1.54) is 7.05 Å². The van der Waals surface area contributed by atoms with Crippen molar-refractivity contribution in [2.75, 3.05) is 22.7 Å². The third-order valence-corrected chi connectivity index (χ3v) is 6.25. The predicted octanol–water partition coefficient (Wildman–Crippen LogP) is 4.19. The first-order chi connectivity index (χ1) is 14.7. The maximum Gasteiger partial charge on any atom is 0.323 e. The minimum atomic E-state index is -3.83. The Labute approximate surface area is 185 Å². The minimum Gasteiger partial charge on any atom is -0.494 e. The summed E-state index contributed by atoms with van der Waals surface area (Å²) in [6.45, 7) is 6.27. The third kappa shape index (κ3) is 7.63. The standard InChI is InChI=1S/C23H30N4O3S/c1-4-14-23(2,25)15-5-6-16-30-22-9-7-8-21(17-22)27(3)31(28,29)26-20-12-10-19(18-24)11-13-20/h4,7-13,17,26H,1,5-6,14-16,25H2,2-3H3. The van der Waals surface area contributed by atoms with E-state index < -0.39 is 10.2 Å². The van der Waals surface area contributed by atoms with Gasteiger partial charge in [-0.2, -0.15) is 13.7 Å². The molecule has 7 nitrogen and oxygen atoms in total. The second kappa shape index (κ2) is 10.8. The molecule has 31 heavy (non-hydrogen) atoms. The summed E-state index contributed by atoms with van der Waals surface area (Å²) >= 11 is 0. The molecule has 0 bridgehead atoms. The maximum atomic E-state index is 12.7. The third-order valence-electron chi connectivity index (χ3n) is 4.82. The van der Waals surface area contributed by atoms with E-state index in [4.69, 9.17) is 15.7 Å². The number of unbranched alkanes of at least 4 members (excludes halogenated alkanes) is 1. The first-order valence-corrected chi connectivity index (χ1v) is 11.5.